The smallest absolute Gasteiger partial charge is 0.410 e. The zero-order valence-corrected chi connectivity index (χ0v) is 16.2. The van der Waals surface area contributed by atoms with Gasteiger partial charge < -0.3 is 9.64 Å². The Morgan fingerprint density at radius 3 is 2.81 bits per heavy atom. The van der Waals surface area contributed by atoms with Gasteiger partial charge in [0.25, 0.3) is 0 Å². The number of amides is 1. The lowest BCUT2D eigenvalue weighted by molar-refractivity contribution is 0.0235. The number of fused-ring (bicyclic) bond motifs is 1. The van der Waals surface area contributed by atoms with Gasteiger partial charge in [0.15, 0.2) is 0 Å². The molecule has 3 rings (SSSR count). The summed E-state index contributed by atoms with van der Waals surface area (Å²) in [6.07, 6.45) is 4.48. The molecule has 5 nitrogen and oxygen atoms in total. The van der Waals surface area contributed by atoms with Crippen molar-refractivity contribution in [1.82, 2.24) is 14.8 Å². The minimum absolute atomic E-state index is 0.204. The van der Waals surface area contributed by atoms with E-state index in [-0.39, 0.29) is 12.1 Å². The molecule has 1 fully saturated rings. The highest BCUT2D eigenvalue weighted by Crippen LogP contribution is 2.19. The Morgan fingerprint density at radius 1 is 1.23 bits per heavy atom. The van der Waals surface area contributed by atoms with Gasteiger partial charge in [0, 0.05) is 50.0 Å². The van der Waals surface area contributed by atoms with Crippen LogP contribution in [-0.2, 0) is 11.3 Å². The van der Waals surface area contributed by atoms with Crippen molar-refractivity contribution in [2.24, 2.45) is 0 Å². The molecule has 140 valence electrons. The van der Waals surface area contributed by atoms with Crippen LogP contribution in [0.15, 0.2) is 36.7 Å². The fourth-order valence-corrected chi connectivity index (χ4v) is 3.40. The number of hydrogen-bond acceptors (Lipinski definition) is 4. The normalized spacial score (nSPS) is 19.4. The van der Waals surface area contributed by atoms with E-state index in [1.165, 1.54) is 10.9 Å². The molecule has 1 aromatic carbocycles. The maximum absolute atomic E-state index is 12.4. The fourth-order valence-electron chi connectivity index (χ4n) is 3.40. The minimum atomic E-state index is -0.452. The fraction of sp³-hybridized carbons (Fsp3) is 0.524. The lowest BCUT2D eigenvalue weighted by Crippen LogP contribution is -2.43. The number of carbonyl (C=O) groups excluding carboxylic acids is 1. The van der Waals surface area contributed by atoms with Crippen LogP contribution in [0.2, 0.25) is 0 Å². The molecular weight excluding hydrogens is 326 g/mol. The van der Waals surface area contributed by atoms with Crippen LogP contribution in [0, 0.1) is 0 Å². The molecule has 2 heterocycles. The lowest BCUT2D eigenvalue weighted by atomic mass is 10.1. The van der Waals surface area contributed by atoms with Crippen LogP contribution < -0.4 is 0 Å². The quantitative estimate of drug-likeness (QED) is 0.815. The van der Waals surface area contributed by atoms with Crippen molar-refractivity contribution in [3.8, 4) is 0 Å². The third kappa shape index (κ3) is 4.73. The molecule has 1 aromatic heterocycles. The summed E-state index contributed by atoms with van der Waals surface area (Å²) >= 11 is 0. The SMILES string of the molecule is C[C@@H]1CN(C(=O)OC(C)(C)C)CCCN1Cc1ccc2cnccc2c1. The first kappa shape index (κ1) is 18.6. The van der Waals surface area contributed by atoms with Crippen LogP contribution in [-0.4, -0.2) is 52.2 Å². The molecule has 0 N–H and O–H groups in total. The predicted octanol–water partition coefficient (Wildman–Crippen LogP) is 4.07. The van der Waals surface area contributed by atoms with E-state index in [0.717, 1.165) is 31.4 Å². The van der Waals surface area contributed by atoms with E-state index < -0.39 is 5.60 Å². The number of nitrogens with zero attached hydrogens (tertiary/aromatic N) is 3. The van der Waals surface area contributed by atoms with Crippen molar-refractivity contribution in [2.45, 2.75) is 52.3 Å². The van der Waals surface area contributed by atoms with Crippen LogP contribution in [0.3, 0.4) is 0 Å². The highest BCUT2D eigenvalue weighted by Gasteiger charge is 2.27. The summed E-state index contributed by atoms with van der Waals surface area (Å²) in [5.74, 6) is 0. The number of benzene rings is 1. The molecule has 0 aliphatic carbocycles. The van der Waals surface area contributed by atoms with Crippen LogP contribution in [0.1, 0.15) is 39.7 Å². The molecular formula is C21H29N3O2. The van der Waals surface area contributed by atoms with Crippen LogP contribution >= 0.6 is 0 Å². The molecule has 0 unspecified atom stereocenters. The van der Waals surface area contributed by atoms with Crippen molar-refractivity contribution in [2.75, 3.05) is 19.6 Å². The number of pyridine rings is 1. The summed E-state index contributed by atoms with van der Waals surface area (Å²) < 4.78 is 5.55. The zero-order valence-electron chi connectivity index (χ0n) is 16.2. The Morgan fingerprint density at radius 2 is 2.04 bits per heavy atom. The van der Waals surface area contributed by atoms with Gasteiger partial charge in [-0.05, 0) is 57.2 Å². The minimum Gasteiger partial charge on any atom is -0.444 e. The Hall–Kier alpha value is -2.14. The summed E-state index contributed by atoms with van der Waals surface area (Å²) in [6, 6.07) is 8.88. The first-order chi connectivity index (χ1) is 12.3. The maximum atomic E-state index is 12.4. The van der Waals surface area contributed by atoms with Gasteiger partial charge in [-0.25, -0.2) is 4.79 Å². The van der Waals surface area contributed by atoms with Gasteiger partial charge in [0.1, 0.15) is 5.60 Å². The van der Waals surface area contributed by atoms with E-state index in [2.05, 4.69) is 41.1 Å². The molecule has 26 heavy (non-hydrogen) atoms. The molecule has 2 aromatic rings. The summed E-state index contributed by atoms with van der Waals surface area (Å²) in [6.45, 7) is 11.2. The molecule has 1 saturated heterocycles. The average molecular weight is 355 g/mol. The molecule has 0 saturated carbocycles. The molecule has 0 radical (unpaired) electrons. The molecule has 1 aliphatic heterocycles. The van der Waals surface area contributed by atoms with Crippen molar-refractivity contribution in [3.05, 3.63) is 42.2 Å². The van der Waals surface area contributed by atoms with Crippen LogP contribution in [0.25, 0.3) is 10.8 Å². The predicted molar refractivity (Wildman–Crippen MR) is 104 cm³/mol. The number of hydrogen-bond donors (Lipinski definition) is 0. The van der Waals surface area contributed by atoms with E-state index in [1.54, 1.807) is 0 Å². The Kier molecular flexibility index (Phi) is 5.47. The maximum Gasteiger partial charge on any atom is 0.410 e. The third-order valence-electron chi connectivity index (χ3n) is 4.72. The van der Waals surface area contributed by atoms with Crippen molar-refractivity contribution >= 4 is 16.9 Å². The Bertz CT molecular complexity index is 769. The third-order valence-corrected chi connectivity index (χ3v) is 4.72. The van der Waals surface area contributed by atoms with Crippen molar-refractivity contribution in [1.29, 1.82) is 0 Å². The number of carbonyl (C=O) groups is 1. The molecule has 5 heteroatoms. The molecule has 1 amide bonds. The van der Waals surface area contributed by atoms with E-state index in [1.807, 2.05) is 38.1 Å². The Balaban J connectivity index is 1.66. The van der Waals surface area contributed by atoms with Gasteiger partial charge in [0.05, 0.1) is 0 Å². The summed E-state index contributed by atoms with van der Waals surface area (Å²) in [5, 5.41) is 2.38. The topological polar surface area (TPSA) is 45.7 Å². The van der Waals surface area contributed by atoms with Gasteiger partial charge in [-0.1, -0.05) is 12.1 Å². The average Bonchev–Trinajstić information content (AvgIpc) is 2.75. The van der Waals surface area contributed by atoms with E-state index in [4.69, 9.17) is 4.74 Å². The van der Waals surface area contributed by atoms with Crippen LogP contribution in [0.4, 0.5) is 4.79 Å². The lowest BCUT2D eigenvalue weighted by Gasteiger charge is -2.30. The van der Waals surface area contributed by atoms with Crippen LogP contribution in [0.5, 0.6) is 0 Å². The number of aromatic nitrogens is 1. The van der Waals surface area contributed by atoms with Gasteiger partial charge in [-0.2, -0.15) is 0 Å². The Labute approximate surface area is 156 Å². The largest absolute Gasteiger partial charge is 0.444 e. The second-order valence-corrected chi connectivity index (χ2v) is 8.16. The van der Waals surface area contributed by atoms with Crippen molar-refractivity contribution < 1.29 is 9.53 Å². The highest BCUT2D eigenvalue weighted by atomic mass is 16.6. The second-order valence-electron chi connectivity index (χ2n) is 8.16. The number of ether oxygens (including phenoxy) is 1. The standard InChI is InChI=1S/C21H29N3O2/c1-16-14-24(20(25)26-21(2,3)4)11-5-10-23(16)15-17-6-7-19-13-22-9-8-18(19)12-17/h6-9,12-13,16H,5,10-11,14-15H2,1-4H3/t16-/m1/s1. The zero-order chi connectivity index (χ0) is 18.7. The van der Waals surface area contributed by atoms with Crippen molar-refractivity contribution in [3.63, 3.8) is 0 Å². The van der Waals surface area contributed by atoms with Gasteiger partial charge >= 0.3 is 6.09 Å². The van der Waals surface area contributed by atoms with E-state index in [0.29, 0.717) is 6.54 Å². The van der Waals surface area contributed by atoms with Gasteiger partial charge in [0.2, 0.25) is 0 Å². The molecule has 0 bridgehead atoms. The number of rotatable bonds is 2. The second kappa shape index (κ2) is 7.62. The molecule has 1 aliphatic rings. The van der Waals surface area contributed by atoms with E-state index >= 15 is 0 Å². The first-order valence-electron chi connectivity index (χ1n) is 9.36. The summed E-state index contributed by atoms with van der Waals surface area (Å²) in [5.41, 5.74) is 0.841. The first-order valence-corrected chi connectivity index (χ1v) is 9.36. The highest BCUT2D eigenvalue weighted by molar-refractivity contribution is 5.82. The monoisotopic (exact) mass is 355 g/mol. The molecule has 1 atom stereocenters. The summed E-state index contributed by atoms with van der Waals surface area (Å²) in [7, 11) is 0. The van der Waals surface area contributed by atoms with Gasteiger partial charge in [-0.3, -0.25) is 9.88 Å². The van der Waals surface area contributed by atoms with E-state index in [9.17, 15) is 4.79 Å². The summed E-state index contributed by atoms with van der Waals surface area (Å²) in [4.78, 5) is 20.9. The molecule has 0 spiro atoms. The van der Waals surface area contributed by atoms with Gasteiger partial charge in [-0.15, -0.1) is 0 Å².